The van der Waals surface area contributed by atoms with Crippen molar-refractivity contribution in [3.8, 4) is 0 Å². The van der Waals surface area contributed by atoms with Crippen LogP contribution in [-0.4, -0.2) is 55.7 Å². The number of anilines is 2. The Labute approximate surface area is 169 Å². The molecule has 0 unspecified atom stereocenters. The van der Waals surface area contributed by atoms with Crippen molar-refractivity contribution in [3.05, 3.63) is 30.1 Å². The van der Waals surface area contributed by atoms with Crippen LogP contribution in [0, 0.1) is 5.82 Å². The van der Waals surface area contributed by atoms with Gasteiger partial charge in [-0.15, -0.1) is 10.2 Å². The van der Waals surface area contributed by atoms with Crippen LogP contribution in [0.3, 0.4) is 0 Å². The van der Waals surface area contributed by atoms with Crippen LogP contribution in [0.25, 0.3) is 0 Å². The second-order valence-electron chi connectivity index (χ2n) is 5.41. The number of carbonyl (C=O) groups is 2. The molecule has 1 amide bonds. The second kappa shape index (κ2) is 9.30. The lowest BCUT2D eigenvalue weighted by Gasteiger charge is -2.28. The maximum atomic E-state index is 14.1. The smallest absolute Gasteiger partial charge is 0.316 e. The third-order valence-electron chi connectivity index (χ3n) is 3.36. The van der Waals surface area contributed by atoms with Gasteiger partial charge in [0.15, 0.2) is 4.34 Å². The lowest BCUT2D eigenvalue weighted by atomic mass is 10.2. The summed E-state index contributed by atoms with van der Waals surface area (Å²) >= 11 is 2.09. The minimum atomic E-state index is -3.95. The monoisotopic (exact) mass is 448 g/mol. The molecular weight excluding hydrogens is 431 g/mol. The molecule has 0 aliphatic rings. The van der Waals surface area contributed by atoms with Gasteiger partial charge in [0, 0.05) is 0 Å². The maximum Gasteiger partial charge on any atom is 0.316 e. The van der Waals surface area contributed by atoms with Crippen molar-refractivity contribution in [2.75, 3.05) is 28.7 Å². The number of halogens is 1. The minimum Gasteiger partial charge on any atom is -0.468 e. The lowest BCUT2D eigenvalue weighted by molar-refractivity contribution is -0.137. The molecule has 1 aromatic carbocycles. The highest BCUT2D eigenvalue weighted by molar-refractivity contribution is 8.01. The molecular formula is C15H17FN4O5S3. The summed E-state index contributed by atoms with van der Waals surface area (Å²) in [6.45, 7) is 1.33. The first kappa shape index (κ1) is 22.0. The molecule has 0 saturated heterocycles. The van der Waals surface area contributed by atoms with Crippen molar-refractivity contribution in [2.45, 2.75) is 17.3 Å². The fourth-order valence-corrected chi connectivity index (χ4v) is 4.88. The van der Waals surface area contributed by atoms with Gasteiger partial charge < -0.3 is 4.74 Å². The second-order valence-corrected chi connectivity index (χ2v) is 9.47. The summed E-state index contributed by atoms with van der Waals surface area (Å²) in [7, 11) is -2.69. The average molecular weight is 449 g/mol. The Balaban J connectivity index is 2.15. The number of hydrogen-bond acceptors (Lipinski definition) is 9. The molecule has 0 bridgehead atoms. The van der Waals surface area contributed by atoms with Gasteiger partial charge in [0.2, 0.25) is 21.1 Å². The number of ether oxygens (including phenoxy) is 1. The number of carbonyl (C=O) groups excluding carboxylic acids is 2. The van der Waals surface area contributed by atoms with Gasteiger partial charge in [0.05, 0.1) is 24.8 Å². The zero-order valence-electron chi connectivity index (χ0n) is 15.1. The molecule has 28 heavy (non-hydrogen) atoms. The molecule has 1 N–H and O–H groups in total. The van der Waals surface area contributed by atoms with Crippen LogP contribution < -0.4 is 9.62 Å². The predicted molar refractivity (Wildman–Crippen MR) is 104 cm³/mol. The fraction of sp³-hybridized carbons (Fsp3) is 0.333. The largest absolute Gasteiger partial charge is 0.468 e. The Kier molecular flexibility index (Phi) is 7.32. The number of methoxy groups -OCH3 is 1. The molecule has 0 aliphatic heterocycles. The van der Waals surface area contributed by atoms with Gasteiger partial charge in [-0.3, -0.25) is 19.2 Å². The third kappa shape index (κ3) is 5.62. The SMILES string of the molecule is COC(=O)CSc1nnc(NC(=O)[C@H](C)N(c2ccccc2F)S(C)(=O)=O)s1. The zero-order chi connectivity index (χ0) is 20.9. The Hall–Kier alpha value is -2.25. The highest BCUT2D eigenvalue weighted by Crippen LogP contribution is 2.27. The molecule has 1 heterocycles. The van der Waals surface area contributed by atoms with Crippen molar-refractivity contribution in [1.82, 2.24) is 10.2 Å². The van der Waals surface area contributed by atoms with E-state index in [2.05, 4.69) is 20.3 Å². The first-order chi connectivity index (χ1) is 13.1. The zero-order valence-corrected chi connectivity index (χ0v) is 17.5. The van der Waals surface area contributed by atoms with E-state index in [9.17, 15) is 22.4 Å². The van der Waals surface area contributed by atoms with E-state index in [1.807, 2.05) is 0 Å². The normalized spacial score (nSPS) is 12.3. The van der Waals surface area contributed by atoms with Gasteiger partial charge in [0.1, 0.15) is 11.9 Å². The number of para-hydroxylation sites is 1. The van der Waals surface area contributed by atoms with Crippen LogP contribution in [0.2, 0.25) is 0 Å². The number of nitrogens with zero attached hydrogens (tertiary/aromatic N) is 3. The molecule has 0 aliphatic carbocycles. The van der Waals surface area contributed by atoms with E-state index < -0.39 is 33.8 Å². The van der Waals surface area contributed by atoms with Crippen LogP contribution in [0.5, 0.6) is 0 Å². The topological polar surface area (TPSA) is 119 Å². The van der Waals surface area contributed by atoms with Gasteiger partial charge in [0.25, 0.3) is 0 Å². The number of benzene rings is 1. The van der Waals surface area contributed by atoms with Crippen LogP contribution in [0.1, 0.15) is 6.92 Å². The van der Waals surface area contributed by atoms with E-state index in [4.69, 9.17) is 0 Å². The minimum absolute atomic E-state index is 0.0324. The first-order valence-electron chi connectivity index (χ1n) is 7.71. The van der Waals surface area contributed by atoms with Crippen molar-refractivity contribution >= 4 is 55.8 Å². The number of esters is 1. The number of rotatable bonds is 8. The molecule has 2 aromatic rings. The summed E-state index contributed by atoms with van der Waals surface area (Å²) < 4.78 is 44.1. The Morgan fingerprint density at radius 1 is 1.36 bits per heavy atom. The first-order valence-corrected chi connectivity index (χ1v) is 11.4. The summed E-state index contributed by atoms with van der Waals surface area (Å²) in [4.78, 5) is 23.7. The van der Waals surface area contributed by atoms with E-state index in [-0.39, 0.29) is 16.6 Å². The van der Waals surface area contributed by atoms with E-state index >= 15 is 0 Å². The van der Waals surface area contributed by atoms with Crippen LogP contribution in [0.4, 0.5) is 15.2 Å². The summed E-state index contributed by atoms with van der Waals surface area (Å²) in [6.07, 6.45) is 0.885. The molecule has 0 fully saturated rings. The number of nitrogens with one attached hydrogen (secondary N) is 1. The highest BCUT2D eigenvalue weighted by atomic mass is 32.2. The average Bonchev–Trinajstić information content (AvgIpc) is 3.07. The Bertz CT molecular complexity index is 966. The maximum absolute atomic E-state index is 14.1. The Morgan fingerprint density at radius 2 is 2.04 bits per heavy atom. The van der Waals surface area contributed by atoms with E-state index in [1.54, 1.807) is 0 Å². The van der Waals surface area contributed by atoms with Gasteiger partial charge in [-0.05, 0) is 19.1 Å². The molecule has 2 rings (SSSR count). The third-order valence-corrected chi connectivity index (χ3v) is 6.53. The van der Waals surface area contributed by atoms with Gasteiger partial charge >= 0.3 is 5.97 Å². The highest BCUT2D eigenvalue weighted by Gasteiger charge is 2.31. The van der Waals surface area contributed by atoms with E-state index in [1.165, 1.54) is 32.2 Å². The molecule has 1 atom stereocenters. The van der Waals surface area contributed by atoms with Crippen LogP contribution in [0.15, 0.2) is 28.6 Å². The number of aromatic nitrogens is 2. The van der Waals surface area contributed by atoms with Crippen LogP contribution >= 0.6 is 23.1 Å². The summed E-state index contributed by atoms with van der Waals surface area (Å²) in [5.41, 5.74) is -0.237. The van der Waals surface area contributed by atoms with Crippen molar-refractivity contribution in [2.24, 2.45) is 0 Å². The van der Waals surface area contributed by atoms with Gasteiger partial charge in [-0.2, -0.15) is 0 Å². The number of thioether (sulfide) groups is 1. The molecule has 152 valence electrons. The molecule has 1 aromatic heterocycles. The summed E-state index contributed by atoms with van der Waals surface area (Å²) in [5, 5.41) is 10.2. The Morgan fingerprint density at radius 3 is 2.64 bits per heavy atom. The van der Waals surface area contributed by atoms with E-state index in [0.717, 1.165) is 35.4 Å². The molecule has 0 spiro atoms. The molecule has 13 heteroatoms. The lowest BCUT2D eigenvalue weighted by Crippen LogP contribution is -2.45. The number of sulfonamides is 1. The summed E-state index contributed by atoms with van der Waals surface area (Å²) in [6, 6.07) is 4.01. The van der Waals surface area contributed by atoms with E-state index in [0.29, 0.717) is 8.64 Å². The standard InChI is InChI=1S/C15H17FN4O5S3/c1-9(20(28(3,23)24)11-7-5-4-6-10(11)16)13(22)17-14-18-19-15(27-14)26-8-12(21)25-2/h4-7,9H,8H2,1-3H3,(H,17,18,22)/t9-/m0/s1. The van der Waals surface area contributed by atoms with Crippen LogP contribution in [-0.2, 0) is 24.3 Å². The quantitative estimate of drug-likeness (QED) is 0.368. The van der Waals surface area contributed by atoms with Crippen molar-refractivity contribution in [3.63, 3.8) is 0 Å². The fourth-order valence-electron chi connectivity index (χ4n) is 2.12. The predicted octanol–water partition coefficient (Wildman–Crippen LogP) is 1.74. The number of hydrogen-bond donors (Lipinski definition) is 1. The molecule has 0 radical (unpaired) electrons. The van der Waals surface area contributed by atoms with Gasteiger partial charge in [-0.1, -0.05) is 35.2 Å². The van der Waals surface area contributed by atoms with Gasteiger partial charge in [-0.25, -0.2) is 12.8 Å². The van der Waals surface area contributed by atoms with Crippen molar-refractivity contribution in [1.29, 1.82) is 0 Å². The molecule has 0 saturated carbocycles. The molecule has 9 nitrogen and oxygen atoms in total. The van der Waals surface area contributed by atoms with Crippen molar-refractivity contribution < 1.29 is 27.1 Å². The number of amides is 1. The summed E-state index contributed by atoms with van der Waals surface area (Å²) in [5.74, 6) is -1.89.